The van der Waals surface area contributed by atoms with E-state index in [1.807, 2.05) is 0 Å². The van der Waals surface area contributed by atoms with E-state index in [9.17, 15) is 9.59 Å². The van der Waals surface area contributed by atoms with E-state index < -0.39 is 0 Å². The zero-order chi connectivity index (χ0) is 21.8. The van der Waals surface area contributed by atoms with Gasteiger partial charge in [0.1, 0.15) is 0 Å². The summed E-state index contributed by atoms with van der Waals surface area (Å²) in [6.07, 6.45) is 4.22. The second-order valence-electron chi connectivity index (χ2n) is 10.2. The van der Waals surface area contributed by atoms with Gasteiger partial charge in [0.05, 0.1) is 0 Å². The molecule has 30 heavy (non-hydrogen) atoms. The van der Waals surface area contributed by atoms with Crippen LogP contribution in [-0.4, -0.2) is 11.6 Å². The van der Waals surface area contributed by atoms with Gasteiger partial charge in [-0.2, -0.15) is 0 Å². The van der Waals surface area contributed by atoms with Crippen molar-refractivity contribution in [1.82, 2.24) is 0 Å². The van der Waals surface area contributed by atoms with Crippen LogP contribution in [0, 0.1) is 0 Å². The average Bonchev–Trinajstić information content (AvgIpc) is 2.67. The molecule has 2 nitrogen and oxygen atoms in total. The molecular formula is C28H28O2. The molecule has 152 valence electrons. The van der Waals surface area contributed by atoms with Crippen molar-refractivity contribution in [1.29, 1.82) is 0 Å². The molecule has 0 spiro atoms. The quantitative estimate of drug-likeness (QED) is 0.340. The SMILES string of the molecule is CC(C)(C)c1ccc2c(ccc3c(C4=CC(=O)C=CC4=O)c(C(C)(C)C)ccc32)c1. The summed E-state index contributed by atoms with van der Waals surface area (Å²) < 4.78 is 0. The topological polar surface area (TPSA) is 34.1 Å². The van der Waals surface area contributed by atoms with E-state index >= 15 is 0 Å². The zero-order valence-electron chi connectivity index (χ0n) is 18.6. The second kappa shape index (κ2) is 6.77. The van der Waals surface area contributed by atoms with Crippen LogP contribution in [0.15, 0.2) is 60.7 Å². The molecule has 0 amide bonds. The molecule has 0 heterocycles. The molecule has 0 saturated heterocycles. The number of hydrogen-bond donors (Lipinski definition) is 0. The molecule has 0 fully saturated rings. The Labute approximate surface area is 178 Å². The third-order valence-electron chi connectivity index (χ3n) is 5.91. The highest BCUT2D eigenvalue weighted by Gasteiger charge is 2.26. The fourth-order valence-electron chi connectivity index (χ4n) is 4.23. The first kappa shape index (κ1) is 20.3. The van der Waals surface area contributed by atoms with Gasteiger partial charge in [0.25, 0.3) is 0 Å². The third-order valence-corrected chi connectivity index (χ3v) is 5.91. The molecule has 0 aromatic heterocycles. The number of ketones is 2. The molecule has 0 N–H and O–H groups in total. The van der Waals surface area contributed by atoms with Crippen LogP contribution in [0.1, 0.15) is 58.2 Å². The summed E-state index contributed by atoms with van der Waals surface area (Å²) >= 11 is 0. The molecule has 0 unspecified atom stereocenters. The summed E-state index contributed by atoms with van der Waals surface area (Å²) in [5, 5.41) is 4.46. The highest BCUT2D eigenvalue weighted by molar-refractivity contribution is 6.36. The minimum absolute atomic E-state index is 0.0798. The molecule has 3 aromatic rings. The summed E-state index contributed by atoms with van der Waals surface area (Å²) in [5.41, 5.74) is 3.65. The van der Waals surface area contributed by atoms with Crippen LogP contribution in [-0.2, 0) is 20.4 Å². The van der Waals surface area contributed by atoms with Crippen LogP contribution in [0.2, 0.25) is 0 Å². The molecule has 1 aliphatic carbocycles. The Kier molecular flexibility index (Phi) is 4.58. The van der Waals surface area contributed by atoms with E-state index in [-0.39, 0.29) is 22.4 Å². The summed E-state index contributed by atoms with van der Waals surface area (Å²) in [7, 11) is 0. The summed E-state index contributed by atoms with van der Waals surface area (Å²) in [4.78, 5) is 24.9. The molecule has 0 atom stereocenters. The monoisotopic (exact) mass is 396 g/mol. The zero-order valence-corrected chi connectivity index (χ0v) is 18.6. The Hall–Kier alpha value is -3.00. The Morgan fingerprint density at radius 1 is 0.667 bits per heavy atom. The van der Waals surface area contributed by atoms with Crippen LogP contribution in [0.4, 0.5) is 0 Å². The van der Waals surface area contributed by atoms with E-state index in [1.54, 1.807) is 0 Å². The Balaban J connectivity index is 2.08. The lowest BCUT2D eigenvalue weighted by Crippen LogP contribution is -2.17. The second-order valence-corrected chi connectivity index (χ2v) is 10.2. The van der Waals surface area contributed by atoms with Gasteiger partial charge in [-0.1, -0.05) is 84.0 Å². The van der Waals surface area contributed by atoms with Gasteiger partial charge in [-0.3, -0.25) is 9.59 Å². The van der Waals surface area contributed by atoms with Gasteiger partial charge in [0.15, 0.2) is 11.6 Å². The number of carbonyl (C=O) groups excluding carboxylic acids is 2. The standard InChI is InChI=1S/C28H28O2/c1-27(2,3)18-8-11-20-17(15-18)7-10-22-21(20)12-13-24(28(4,5)6)26(22)23-16-19(29)9-14-25(23)30/h7-16H,1-6H3. The summed E-state index contributed by atoms with van der Waals surface area (Å²) in [6, 6.07) is 15.1. The number of hydrogen-bond acceptors (Lipinski definition) is 2. The maximum atomic E-state index is 12.8. The lowest BCUT2D eigenvalue weighted by Gasteiger charge is -2.26. The van der Waals surface area contributed by atoms with Crippen molar-refractivity contribution in [2.45, 2.75) is 52.4 Å². The molecule has 0 bridgehead atoms. The van der Waals surface area contributed by atoms with E-state index in [2.05, 4.69) is 84.0 Å². The molecule has 4 rings (SSSR count). The Morgan fingerprint density at radius 3 is 2.00 bits per heavy atom. The van der Waals surface area contributed by atoms with Gasteiger partial charge >= 0.3 is 0 Å². The van der Waals surface area contributed by atoms with Crippen molar-refractivity contribution in [3.05, 3.63) is 77.4 Å². The molecule has 0 aliphatic heterocycles. The first-order chi connectivity index (χ1) is 14.0. The predicted molar refractivity (Wildman–Crippen MR) is 126 cm³/mol. The smallest absolute Gasteiger partial charge is 0.186 e. The normalized spacial score (nSPS) is 15.2. The molecule has 0 radical (unpaired) electrons. The fraction of sp³-hybridized carbons (Fsp3) is 0.286. The first-order valence-corrected chi connectivity index (χ1v) is 10.5. The number of allylic oxidation sites excluding steroid dienone is 4. The van der Waals surface area contributed by atoms with Crippen LogP contribution in [0.5, 0.6) is 0 Å². The summed E-state index contributed by atoms with van der Waals surface area (Å²) in [5.74, 6) is -0.257. The number of benzene rings is 3. The van der Waals surface area contributed by atoms with Gasteiger partial charge < -0.3 is 0 Å². The number of rotatable bonds is 1. The fourth-order valence-corrected chi connectivity index (χ4v) is 4.23. The molecule has 0 saturated carbocycles. The van der Waals surface area contributed by atoms with Crippen molar-refractivity contribution in [3.8, 4) is 0 Å². The van der Waals surface area contributed by atoms with E-state index in [0.29, 0.717) is 5.57 Å². The molecule has 3 aromatic carbocycles. The Bertz CT molecular complexity index is 1270. The van der Waals surface area contributed by atoms with Gasteiger partial charge in [0, 0.05) is 5.57 Å². The van der Waals surface area contributed by atoms with Crippen LogP contribution < -0.4 is 0 Å². The maximum absolute atomic E-state index is 12.8. The van der Waals surface area contributed by atoms with Crippen LogP contribution in [0.25, 0.3) is 27.1 Å². The molecule has 1 aliphatic rings. The minimum Gasteiger partial charge on any atom is -0.290 e. The van der Waals surface area contributed by atoms with E-state index in [4.69, 9.17) is 0 Å². The van der Waals surface area contributed by atoms with Gasteiger partial charge in [0.2, 0.25) is 0 Å². The number of carbonyl (C=O) groups is 2. The maximum Gasteiger partial charge on any atom is 0.186 e. The van der Waals surface area contributed by atoms with Gasteiger partial charge in [-0.25, -0.2) is 0 Å². The van der Waals surface area contributed by atoms with Crippen LogP contribution in [0.3, 0.4) is 0 Å². The van der Waals surface area contributed by atoms with Gasteiger partial charge in [-0.05, 0) is 67.3 Å². The largest absolute Gasteiger partial charge is 0.290 e. The molecule has 2 heteroatoms. The molecular weight excluding hydrogens is 368 g/mol. The summed E-state index contributed by atoms with van der Waals surface area (Å²) in [6.45, 7) is 13.1. The van der Waals surface area contributed by atoms with E-state index in [0.717, 1.165) is 27.3 Å². The van der Waals surface area contributed by atoms with Crippen molar-refractivity contribution in [2.24, 2.45) is 0 Å². The highest BCUT2D eigenvalue weighted by atomic mass is 16.1. The van der Waals surface area contributed by atoms with Crippen LogP contribution >= 0.6 is 0 Å². The lowest BCUT2D eigenvalue weighted by atomic mass is 9.77. The number of fused-ring (bicyclic) bond motifs is 3. The third kappa shape index (κ3) is 3.41. The van der Waals surface area contributed by atoms with Gasteiger partial charge in [-0.15, -0.1) is 0 Å². The van der Waals surface area contributed by atoms with Crippen molar-refractivity contribution < 1.29 is 9.59 Å². The Morgan fingerprint density at radius 2 is 1.33 bits per heavy atom. The van der Waals surface area contributed by atoms with E-state index in [1.165, 1.54) is 29.2 Å². The average molecular weight is 397 g/mol. The minimum atomic E-state index is -0.167. The van der Waals surface area contributed by atoms with Crippen molar-refractivity contribution in [3.63, 3.8) is 0 Å². The first-order valence-electron chi connectivity index (χ1n) is 10.5. The lowest BCUT2D eigenvalue weighted by molar-refractivity contribution is -0.113. The van der Waals surface area contributed by atoms with Crippen molar-refractivity contribution >= 4 is 38.7 Å². The highest BCUT2D eigenvalue weighted by Crippen LogP contribution is 2.40. The predicted octanol–water partition coefficient (Wildman–Crippen LogP) is 6.68. The van der Waals surface area contributed by atoms with Crippen molar-refractivity contribution in [2.75, 3.05) is 0 Å².